The van der Waals surface area contributed by atoms with E-state index in [1.807, 2.05) is 12.5 Å². The van der Waals surface area contributed by atoms with Crippen molar-refractivity contribution in [1.29, 1.82) is 0 Å². The molecule has 0 saturated heterocycles. The molecule has 0 aromatic rings. The highest BCUT2D eigenvalue weighted by atomic mass is 32.2. The third-order valence-electron chi connectivity index (χ3n) is 1.78. The maximum Gasteiger partial charge on any atom is 0.326 e. The molecule has 0 aliphatic heterocycles. The Morgan fingerprint density at radius 3 is 2.33 bits per heavy atom. The molecule has 0 rings (SSSR count). The van der Waals surface area contributed by atoms with Gasteiger partial charge in [-0.3, -0.25) is 4.79 Å². The molecule has 4 nitrogen and oxygen atoms in total. The van der Waals surface area contributed by atoms with E-state index in [4.69, 9.17) is 5.11 Å². The Morgan fingerprint density at radius 1 is 1.27 bits per heavy atom. The predicted octanol–water partition coefficient (Wildman–Crippen LogP) is 1.06. The average Bonchev–Trinajstić information content (AvgIpc) is 2.20. The lowest BCUT2D eigenvalue weighted by Crippen LogP contribution is -2.41. The summed E-state index contributed by atoms with van der Waals surface area (Å²) in [6.45, 7) is 0. The standard InChI is InChI=1S/C9H17NO3S2/c1-14-5-3-7(9(12)13)10-8(11)4-6-15-2/h7H,3-6H2,1-2H3,(H,10,11)(H,12,13)/t7-/m0/s1. The van der Waals surface area contributed by atoms with Gasteiger partial charge in [0.1, 0.15) is 6.04 Å². The summed E-state index contributed by atoms with van der Waals surface area (Å²) in [6.07, 6.45) is 4.68. The van der Waals surface area contributed by atoms with Crippen LogP contribution in [0.4, 0.5) is 0 Å². The summed E-state index contributed by atoms with van der Waals surface area (Å²) in [4.78, 5) is 22.1. The van der Waals surface area contributed by atoms with Gasteiger partial charge in [0.15, 0.2) is 0 Å². The zero-order valence-corrected chi connectivity index (χ0v) is 10.6. The van der Waals surface area contributed by atoms with Gasteiger partial charge in [-0.25, -0.2) is 4.79 Å². The number of aliphatic carboxylic acids is 1. The molecule has 0 aliphatic carbocycles. The van der Waals surface area contributed by atoms with E-state index in [2.05, 4.69) is 5.32 Å². The lowest BCUT2D eigenvalue weighted by atomic mass is 10.2. The minimum Gasteiger partial charge on any atom is -0.480 e. The van der Waals surface area contributed by atoms with E-state index in [0.717, 1.165) is 11.5 Å². The number of rotatable bonds is 8. The van der Waals surface area contributed by atoms with Crippen molar-refractivity contribution in [1.82, 2.24) is 5.32 Å². The van der Waals surface area contributed by atoms with Crippen LogP contribution in [0.3, 0.4) is 0 Å². The summed E-state index contributed by atoms with van der Waals surface area (Å²) < 4.78 is 0. The van der Waals surface area contributed by atoms with Crippen LogP contribution in [0.15, 0.2) is 0 Å². The van der Waals surface area contributed by atoms with Gasteiger partial charge in [0.05, 0.1) is 0 Å². The minimum atomic E-state index is -0.957. The number of nitrogens with one attached hydrogen (secondary N) is 1. The fourth-order valence-electron chi connectivity index (χ4n) is 0.954. The zero-order chi connectivity index (χ0) is 11.7. The van der Waals surface area contributed by atoms with Crippen LogP contribution >= 0.6 is 23.5 Å². The molecule has 2 N–H and O–H groups in total. The Balaban J connectivity index is 3.93. The van der Waals surface area contributed by atoms with Crippen LogP contribution in [-0.2, 0) is 9.59 Å². The van der Waals surface area contributed by atoms with Crippen molar-refractivity contribution >= 4 is 35.4 Å². The molecule has 0 aliphatic rings. The predicted molar refractivity (Wildman–Crippen MR) is 65.6 cm³/mol. The van der Waals surface area contributed by atoms with Gasteiger partial charge in [-0.05, 0) is 24.7 Å². The normalized spacial score (nSPS) is 12.1. The Bertz CT molecular complexity index is 212. The fraction of sp³-hybridized carbons (Fsp3) is 0.778. The summed E-state index contributed by atoms with van der Waals surface area (Å²) in [5.74, 6) is 0.319. The van der Waals surface area contributed by atoms with E-state index in [1.165, 1.54) is 0 Å². The number of hydrogen-bond acceptors (Lipinski definition) is 4. The highest BCUT2D eigenvalue weighted by Gasteiger charge is 2.18. The Labute approximate surface area is 98.6 Å². The van der Waals surface area contributed by atoms with Crippen LogP contribution < -0.4 is 5.32 Å². The fourth-order valence-corrected chi connectivity index (χ4v) is 1.82. The average molecular weight is 251 g/mol. The molecular formula is C9H17NO3S2. The van der Waals surface area contributed by atoms with Crippen molar-refractivity contribution in [2.45, 2.75) is 18.9 Å². The van der Waals surface area contributed by atoms with Crippen LogP contribution in [-0.4, -0.2) is 47.0 Å². The third kappa shape index (κ3) is 7.56. The maximum absolute atomic E-state index is 11.3. The highest BCUT2D eigenvalue weighted by Crippen LogP contribution is 2.02. The number of carboxylic acids is 1. The molecule has 0 aromatic heterocycles. The van der Waals surface area contributed by atoms with Gasteiger partial charge < -0.3 is 10.4 Å². The molecule has 6 heteroatoms. The molecule has 0 aromatic carbocycles. The third-order valence-corrected chi connectivity index (χ3v) is 3.03. The molecule has 0 saturated carbocycles. The van der Waals surface area contributed by atoms with Gasteiger partial charge in [0, 0.05) is 12.2 Å². The molecule has 0 heterocycles. The number of amides is 1. The van der Waals surface area contributed by atoms with E-state index in [9.17, 15) is 9.59 Å². The molecular weight excluding hydrogens is 234 g/mol. The van der Waals surface area contributed by atoms with Crippen LogP contribution in [0, 0.1) is 0 Å². The molecule has 15 heavy (non-hydrogen) atoms. The molecule has 1 atom stereocenters. The van der Waals surface area contributed by atoms with Crippen molar-refractivity contribution < 1.29 is 14.7 Å². The second kappa shape index (κ2) is 8.91. The number of carbonyl (C=O) groups is 2. The second-order valence-electron chi connectivity index (χ2n) is 2.98. The van der Waals surface area contributed by atoms with Crippen molar-refractivity contribution in [3.63, 3.8) is 0 Å². The van der Waals surface area contributed by atoms with E-state index in [1.54, 1.807) is 23.5 Å². The van der Waals surface area contributed by atoms with Crippen molar-refractivity contribution in [2.75, 3.05) is 24.0 Å². The lowest BCUT2D eigenvalue weighted by molar-refractivity contribution is -0.141. The van der Waals surface area contributed by atoms with Crippen LogP contribution in [0.5, 0.6) is 0 Å². The quantitative estimate of drug-likeness (QED) is 0.675. The molecule has 0 unspecified atom stereocenters. The van der Waals surface area contributed by atoms with Crippen molar-refractivity contribution in [3.8, 4) is 0 Å². The molecule has 0 fully saturated rings. The molecule has 1 amide bonds. The number of thioether (sulfide) groups is 2. The van der Waals surface area contributed by atoms with Gasteiger partial charge in [-0.1, -0.05) is 0 Å². The second-order valence-corrected chi connectivity index (χ2v) is 4.95. The Hall–Kier alpha value is -0.360. The molecule has 88 valence electrons. The summed E-state index contributed by atoms with van der Waals surface area (Å²) in [6, 6.07) is -0.744. The van der Waals surface area contributed by atoms with Crippen molar-refractivity contribution in [3.05, 3.63) is 0 Å². The Kier molecular flexibility index (Phi) is 8.70. The number of carboxylic acid groups (broad SMARTS) is 1. The van der Waals surface area contributed by atoms with Crippen LogP contribution in [0.25, 0.3) is 0 Å². The largest absolute Gasteiger partial charge is 0.480 e. The number of carbonyl (C=O) groups excluding carboxylic acids is 1. The molecule has 0 bridgehead atoms. The van der Waals surface area contributed by atoms with E-state index < -0.39 is 12.0 Å². The van der Waals surface area contributed by atoms with Gasteiger partial charge in [0.25, 0.3) is 0 Å². The van der Waals surface area contributed by atoms with Gasteiger partial charge in [0.2, 0.25) is 5.91 Å². The first-order valence-corrected chi connectivity index (χ1v) is 7.40. The Morgan fingerprint density at radius 2 is 1.87 bits per heavy atom. The monoisotopic (exact) mass is 251 g/mol. The molecule has 0 radical (unpaired) electrons. The van der Waals surface area contributed by atoms with E-state index in [0.29, 0.717) is 12.8 Å². The van der Waals surface area contributed by atoms with Crippen molar-refractivity contribution in [2.24, 2.45) is 0 Å². The van der Waals surface area contributed by atoms with Gasteiger partial charge >= 0.3 is 5.97 Å². The molecule has 0 spiro atoms. The topological polar surface area (TPSA) is 66.4 Å². The minimum absolute atomic E-state index is 0.183. The zero-order valence-electron chi connectivity index (χ0n) is 8.99. The van der Waals surface area contributed by atoms with Gasteiger partial charge in [-0.15, -0.1) is 0 Å². The summed E-state index contributed by atoms with van der Waals surface area (Å²) in [5.41, 5.74) is 0. The number of hydrogen-bond donors (Lipinski definition) is 2. The summed E-state index contributed by atoms with van der Waals surface area (Å²) in [7, 11) is 0. The van der Waals surface area contributed by atoms with E-state index >= 15 is 0 Å². The van der Waals surface area contributed by atoms with Gasteiger partial charge in [-0.2, -0.15) is 23.5 Å². The smallest absolute Gasteiger partial charge is 0.326 e. The lowest BCUT2D eigenvalue weighted by Gasteiger charge is -2.13. The first kappa shape index (κ1) is 14.6. The first-order chi connectivity index (χ1) is 7.11. The maximum atomic E-state index is 11.3. The first-order valence-electron chi connectivity index (χ1n) is 4.61. The summed E-state index contributed by atoms with van der Waals surface area (Å²) >= 11 is 3.14. The SMILES string of the molecule is CSCCC(=O)N[C@@H](CCSC)C(=O)O. The van der Waals surface area contributed by atoms with Crippen LogP contribution in [0.1, 0.15) is 12.8 Å². The highest BCUT2D eigenvalue weighted by molar-refractivity contribution is 7.98. The summed E-state index contributed by atoms with van der Waals surface area (Å²) in [5, 5.41) is 11.4. The van der Waals surface area contributed by atoms with E-state index in [-0.39, 0.29) is 5.91 Å². The van der Waals surface area contributed by atoms with Crippen LogP contribution in [0.2, 0.25) is 0 Å².